The Balaban J connectivity index is 1.74. The van der Waals surface area contributed by atoms with Crippen molar-refractivity contribution in [3.8, 4) is 17.4 Å². The zero-order valence-corrected chi connectivity index (χ0v) is 13.3. The Hall–Kier alpha value is -2.96. The fourth-order valence-electron chi connectivity index (χ4n) is 4.17. The zero-order chi connectivity index (χ0) is 18.2. The van der Waals surface area contributed by atoms with E-state index < -0.39 is 11.7 Å². The molecule has 26 heavy (non-hydrogen) atoms. The SMILES string of the molecule is Oc1c2c(c(O)n1-c1ccnc3cc(C(F)(F)F)ccc13)[C@H]1C=C[C@@H]2C1. The van der Waals surface area contributed by atoms with Gasteiger partial charge in [0.05, 0.1) is 16.8 Å². The normalized spacial score (nSPS) is 20.9. The first-order valence-corrected chi connectivity index (χ1v) is 8.17. The van der Waals surface area contributed by atoms with Gasteiger partial charge in [0.1, 0.15) is 0 Å². The third-order valence-corrected chi connectivity index (χ3v) is 5.31. The van der Waals surface area contributed by atoms with Gasteiger partial charge in [-0.1, -0.05) is 18.2 Å². The molecule has 4 nitrogen and oxygen atoms in total. The molecule has 0 fully saturated rings. The van der Waals surface area contributed by atoms with Crippen molar-refractivity contribution in [3.05, 3.63) is 59.3 Å². The van der Waals surface area contributed by atoms with Crippen LogP contribution in [0.2, 0.25) is 0 Å². The number of allylic oxidation sites excluding steroid dienone is 2. The van der Waals surface area contributed by atoms with E-state index in [-0.39, 0.29) is 29.1 Å². The second-order valence-corrected chi connectivity index (χ2v) is 6.70. The van der Waals surface area contributed by atoms with Crippen molar-refractivity contribution >= 4 is 10.9 Å². The van der Waals surface area contributed by atoms with Crippen molar-refractivity contribution in [2.45, 2.75) is 24.4 Å². The second kappa shape index (κ2) is 4.81. The lowest BCUT2D eigenvalue weighted by atomic mass is 10.0. The summed E-state index contributed by atoms with van der Waals surface area (Å²) in [7, 11) is 0. The maximum atomic E-state index is 13.0. The molecule has 7 heteroatoms. The minimum Gasteiger partial charge on any atom is -0.494 e. The number of hydrogen-bond donors (Lipinski definition) is 2. The minimum atomic E-state index is -4.46. The number of nitrogens with zero attached hydrogens (tertiary/aromatic N) is 2. The van der Waals surface area contributed by atoms with Crippen molar-refractivity contribution in [1.29, 1.82) is 0 Å². The summed E-state index contributed by atoms with van der Waals surface area (Å²) in [4.78, 5) is 4.02. The molecule has 2 aromatic heterocycles. The van der Waals surface area contributed by atoms with Crippen molar-refractivity contribution in [2.24, 2.45) is 0 Å². The first kappa shape index (κ1) is 15.3. The van der Waals surface area contributed by atoms with E-state index >= 15 is 0 Å². The van der Waals surface area contributed by atoms with E-state index in [9.17, 15) is 23.4 Å². The van der Waals surface area contributed by atoms with Gasteiger partial charge >= 0.3 is 6.18 Å². The average molecular weight is 358 g/mol. The van der Waals surface area contributed by atoms with E-state index in [1.807, 2.05) is 12.2 Å². The highest BCUT2D eigenvalue weighted by Crippen LogP contribution is 2.57. The first-order valence-electron chi connectivity index (χ1n) is 8.17. The Morgan fingerprint density at radius 3 is 2.27 bits per heavy atom. The number of halogens is 3. The summed E-state index contributed by atoms with van der Waals surface area (Å²) >= 11 is 0. The fourth-order valence-corrected chi connectivity index (χ4v) is 4.17. The largest absolute Gasteiger partial charge is 0.494 e. The van der Waals surface area contributed by atoms with Gasteiger partial charge in [-0.15, -0.1) is 0 Å². The Bertz CT molecular complexity index is 1060. The Morgan fingerprint density at radius 1 is 1.00 bits per heavy atom. The standard InChI is InChI=1S/C19H13F3N2O2/c20-19(21,22)11-3-4-12-13(8-11)23-6-5-14(12)24-17(25)15-9-1-2-10(7-9)16(15)18(24)26/h1-6,8-10,25-26H,7H2/t9-,10+. The third-order valence-electron chi connectivity index (χ3n) is 5.31. The van der Waals surface area contributed by atoms with Crippen molar-refractivity contribution in [2.75, 3.05) is 0 Å². The highest BCUT2D eigenvalue weighted by Gasteiger charge is 2.41. The van der Waals surface area contributed by atoms with E-state index in [2.05, 4.69) is 4.98 Å². The molecule has 2 atom stereocenters. The molecule has 0 saturated heterocycles. The molecule has 3 aromatic rings. The van der Waals surface area contributed by atoms with Gasteiger partial charge in [0.2, 0.25) is 11.8 Å². The quantitative estimate of drug-likeness (QED) is 0.625. The lowest BCUT2D eigenvalue weighted by Crippen LogP contribution is -2.05. The van der Waals surface area contributed by atoms with Crippen LogP contribution in [-0.4, -0.2) is 19.8 Å². The summed E-state index contributed by atoms with van der Waals surface area (Å²) in [5.74, 6) is -0.0114. The van der Waals surface area contributed by atoms with Gasteiger partial charge in [-0.05, 0) is 24.6 Å². The van der Waals surface area contributed by atoms with Crippen LogP contribution in [0, 0.1) is 0 Å². The van der Waals surface area contributed by atoms with Gasteiger partial charge in [-0.3, -0.25) is 9.55 Å². The second-order valence-electron chi connectivity index (χ2n) is 6.70. The molecular weight excluding hydrogens is 345 g/mol. The van der Waals surface area contributed by atoms with E-state index in [1.54, 1.807) is 6.07 Å². The maximum absolute atomic E-state index is 13.0. The molecule has 1 aromatic carbocycles. The summed E-state index contributed by atoms with van der Waals surface area (Å²) < 4.78 is 40.2. The van der Waals surface area contributed by atoms with Gasteiger partial charge in [-0.2, -0.15) is 13.2 Å². The van der Waals surface area contributed by atoms with E-state index in [0.29, 0.717) is 22.2 Å². The minimum absolute atomic E-state index is 0.0621. The number of rotatable bonds is 1. The summed E-state index contributed by atoms with van der Waals surface area (Å²) in [6.45, 7) is 0. The number of fused-ring (bicyclic) bond motifs is 6. The maximum Gasteiger partial charge on any atom is 0.416 e. The average Bonchev–Trinajstić information content (AvgIpc) is 3.27. The molecule has 132 valence electrons. The molecule has 2 heterocycles. The first-order chi connectivity index (χ1) is 12.4. The highest BCUT2D eigenvalue weighted by atomic mass is 19.4. The van der Waals surface area contributed by atoms with Crippen LogP contribution in [-0.2, 0) is 6.18 Å². The molecule has 2 aliphatic carbocycles. The molecule has 0 aliphatic heterocycles. The number of pyridine rings is 1. The molecule has 2 N–H and O–H groups in total. The highest BCUT2D eigenvalue weighted by molar-refractivity contribution is 5.88. The van der Waals surface area contributed by atoms with Crippen molar-refractivity contribution in [3.63, 3.8) is 0 Å². The van der Waals surface area contributed by atoms with Crippen LogP contribution >= 0.6 is 0 Å². The number of hydrogen-bond acceptors (Lipinski definition) is 3. The van der Waals surface area contributed by atoms with Crippen LogP contribution in [0.15, 0.2) is 42.6 Å². The molecule has 5 rings (SSSR count). The number of aromatic hydroxyl groups is 2. The molecule has 0 unspecified atom stereocenters. The molecule has 0 amide bonds. The van der Waals surface area contributed by atoms with Crippen LogP contribution in [0.1, 0.15) is 34.9 Å². The lowest BCUT2D eigenvalue weighted by molar-refractivity contribution is -0.137. The van der Waals surface area contributed by atoms with Gasteiger partial charge in [0.25, 0.3) is 0 Å². The smallest absolute Gasteiger partial charge is 0.416 e. The molecule has 2 bridgehead atoms. The van der Waals surface area contributed by atoms with E-state index in [4.69, 9.17) is 0 Å². The number of alkyl halides is 3. The molecule has 0 saturated carbocycles. The predicted molar refractivity (Wildman–Crippen MR) is 88.6 cm³/mol. The van der Waals surface area contributed by atoms with Crippen molar-refractivity contribution in [1.82, 2.24) is 9.55 Å². The number of aromatic nitrogens is 2. The monoisotopic (exact) mass is 358 g/mol. The summed E-state index contributed by atoms with van der Waals surface area (Å²) in [6.07, 6.45) is 1.76. The summed E-state index contributed by atoms with van der Waals surface area (Å²) in [5, 5.41) is 21.9. The molecule has 2 aliphatic rings. The van der Waals surface area contributed by atoms with E-state index in [0.717, 1.165) is 18.6 Å². The van der Waals surface area contributed by atoms with Crippen LogP contribution in [0.25, 0.3) is 16.6 Å². The molecular formula is C19H13F3N2O2. The number of benzene rings is 1. The van der Waals surface area contributed by atoms with Gasteiger partial charge in [0, 0.05) is 34.5 Å². The van der Waals surface area contributed by atoms with E-state index in [1.165, 1.54) is 16.8 Å². The van der Waals surface area contributed by atoms with Gasteiger partial charge in [-0.25, -0.2) is 0 Å². The van der Waals surface area contributed by atoms with Crippen LogP contribution in [0.5, 0.6) is 11.8 Å². The zero-order valence-electron chi connectivity index (χ0n) is 13.3. The van der Waals surface area contributed by atoms with Crippen molar-refractivity contribution < 1.29 is 23.4 Å². The molecule has 0 spiro atoms. The third kappa shape index (κ3) is 1.88. The topological polar surface area (TPSA) is 58.3 Å². The Labute approximate surface area is 145 Å². The summed E-state index contributed by atoms with van der Waals surface area (Å²) in [5.41, 5.74) is 1.15. The van der Waals surface area contributed by atoms with Gasteiger partial charge < -0.3 is 10.2 Å². The predicted octanol–water partition coefficient (Wildman–Crippen LogP) is 4.60. The summed E-state index contributed by atoms with van der Waals surface area (Å²) in [6, 6.07) is 4.83. The lowest BCUT2D eigenvalue weighted by Gasteiger charge is -2.13. The van der Waals surface area contributed by atoms with Crippen LogP contribution in [0.3, 0.4) is 0 Å². The Morgan fingerprint density at radius 2 is 1.65 bits per heavy atom. The van der Waals surface area contributed by atoms with Crippen LogP contribution in [0.4, 0.5) is 13.2 Å². The van der Waals surface area contributed by atoms with Gasteiger partial charge in [0.15, 0.2) is 0 Å². The fraction of sp³-hybridized carbons (Fsp3) is 0.211. The molecule has 0 radical (unpaired) electrons. The Kier molecular flexibility index (Phi) is 2.83. The van der Waals surface area contributed by atoms with Crippen LogP contribution < -0.4 is 0 Å².